The summed E-state index contributed by atoms with van der Waals surface area (Å²) >= 11 is 0. The predicted octanol–water partition coefficient (Wildman–Crippen LogP) is 2.90. The van der Waals surface area contributed by atoms with E-state index in [2.05, 4.69) is 15.2 Å². The Kier molecular flexibility index (Phi) is 3.97. The summed E-state index contributed by atoms with van der Waals surface area (Å²) in [6.07, 6.45) is 4.97. The summed E-state index contributed by atoms with van der Waals surface area (Å²) in [5, 5.41) is 7.95. The monoisotopic (exact) mass is 365 g/mol. The summed E-state index contributed by atoms with van der Waals surface area (Å²) in [7, 11) is 0. The van der Waals surface area contributed by atoms with Crippen molar-refractivity contribution in [3.05, 3.63) is 35.8 Å². The number of aryl methyl sites for hydroxylation is 1. The van der Waals surface area contributed by atoms with Crippen LogP contribution < -0.4 is 0 Å². The van der Waals surface area contributed by atoms with Crippen molar-refractivity contribution >= 4 is 16.9 Å². The van der Waals surface area contributed by atoms with Gasteiger partial charge in [-0.3, -0.25) is 9.89 Å². The van der Waals surface area contributed by atoms with Gasteiger partial charge in [-0.25, -0.2) is 4.98 Å². The number of likely N-dealkylation sites (tertiary alicyclic amines) is 1. The standard InChI is InChI=1S/C20H23N5O2/c1-12-15(11-21-24-12)16-3-2-14-10-17(23-19(14)22-16)20(26)25-7-4-18(25)13-5-8-27-9-6-13/h2-3,10-11,13,18H,4-9H2,1H3,(H,21,24)(H,22,23)/t18-/m1/s1. The van der Waals surface area contributed by atoms with Crippen molar-refractivity contribution in [2.75, 3.05) is 19.8 Å². The van der Waals surface area contributed by atoms with Gasteiger partial charge in [0.15, 0.2) is 0 Å². The van der Waals surface area contributed by atoms with E-state index in [0.717, 1.165) is 67.0 Å². The number of rotatable bonds is 3. The average Bonchev–Trinajstić information content (AvgIpc) is 3.27. The molecule has 0 radical (unpaired) electrons. The molecule has 1 atom stereocenters. The summed E-state index contributed by atoms with van der Waals surface area (Å²) in [5.41, 5.74) is 4.15. The largest absolute Gasteiger partial charge is 0.381 e. The lowest BCUT2D eigenvalue weighted by molar-refractivity contribution is -0.00836. The Hall–Kier alpha value is -2.67. The molecule has 3 aromatic rings. The molecule has 3 aromatic heterocycles. The first-order chi connectivity index (χ1) is 13.2. The van der Waals surface area contributed by atoms with Crippen LogP contribution in [-0.2, 0) is 4.74 Å². The number of nitrogens with one attached hydrogen (secondary N) is 2. The van der Waals surface area contributed by atoms with Crippen molar-refractivity contribution in [3.8, 4) is 11.3 Å². The summed E-state index contributed by atoms with van der Waals surface area (Å²) in [5.74, 6) is 0.645. The van der Waals surface area contributed by atoms with Crippen LogP contribution >= 0.6 is 0 Å². The molecule has 0 spiro atoms. The van der Waals surface area contributed by atoms with E-state index in [1.807, 2.05) is 30.0 Å². The molecule has 27 heavy (non-hydrogen) atoms. The number of carbonyl (C=O) groups excluding carboxylic acids is 1. The number of amides is 1. The molecule has 140 valence electrons. The van der Waals surface area contributed by atoms with Gasteiger partial charge in [0.25, 0.3) is 5.91 Å². The van der Waals surface area contributed by atoms with Gasteiger partial charge >= 0.3 is 0 Å². The highest BCUT2D eigenvalue weighted by molar-refractivity contribution is 5.98. The lowest BCUT2D eigenvalue weighted by atomic mass is 9.83. The van der Waals surface area contributed by atoms with Crippen LogP contribution in [0.3, 0.4) is 0 Å². The Bertz CT molecular complexity index is 985. The van der Waals surface area contributed by atoms with E-state index >= 15 is 0 Å². The van der Waals surface area contributed by atoms with E-state index in [1.54, 1.807) is 6.20 Å². The average molecular weight is 365 g/mol. The van der Waals surface area contributed by atoms with Gasteiger partial charge in [0.05, 0.1) is 11.9 Å². The predicted molar refractivity (Wildman–Crippen MR) is 101 cm³/mol. The molecule has 7 nitrogen and oxygen atoms in total. The lowest BCUT2D eigenvalue weighted by Gasteiger charge is -2.46. The molecule has 1 amide bonds. The van der Waals surface area contributed by atoms with E-state index in [0.29, 0.717) is 17.7 Å². The maximum absolute atomic E-state index is 13.0. The van der Waals surface area contributed by atoms with Crippen molar-refractivity contribution < 1.29 is 9.53 Å². The van der Waals surface area contributed by atoms with Crippen LogP contribution in [0.15, 0.2) is 24.4 Å². The van der Waals surface area contributed by atoms with Crippen LogP contribution in [0, 0.1) is 12.8 Å². The molecule has 5 rings (SSSR count). The maximum atomic E-state index is 13.0. The lowest BCUT2D eigenvalue weighted by Crippen LogP contribution is -2.55. The molecule has 2 N–H and O–H groups in total. The number of carbonyl (C=O) groups is 1. The Morgan fingerprint density at radius 1 is 1.26 bits per heavy atom. The van der Waals surface area contributed by atoms with Gasteiger partial charge in [0.1, 0.15) is 11.3 Å². The topological polar surface area (TPSA) is 86.9 Å². The first-order valence-corrected chi connectivity index (χ1v) is 9.59. The van der Waals surface area contributed by atoms with Crippen LogP contribution in [-0.4, -0.2) is 56.8 Å². The molecule has 0 unspecified atom stereocenters. The highest BCUT2D eigenvalue weighted by Gasteiger charge is 2.39. The summed E-state index contributed by atoms with van der Waals surface area (Å²) in [6, 6.07) is 6.24. The number of pyridine rings is 1. The Balaban J connectivity index is 1.40. The van der Waals surface area contributed by atoms with Crippen molar-refractivity contribution in [2.24, 2.45) is 5.92 Å². The van der Waals surface area contributed by atoms with Gasteiger partial charge in [-0.15, -0.1) is 0 Å². The fourth-order valence-corrected chi connectivity index (χ4v) is 4.28. The fraction of sp³-hybridized carbons (Fsp3) is 0.450. The summed E-state index contributed by atoms with van der Waals surface area (Å²) in [4.78, 5) is 23.0. The normalized spacial score (nSPS) is 20.8. The molecule has 7 heteroatoms. The van der Waals surface area contributed by atoms with Crippen molar-refractivity contribution in [2.45, 2.75) is 32.2 Å². The first-order valence-electron chi connectivity index (χ1n) is 9.59. The Morgan fingerprint density at radius 2 is 2.11 bits per heavy atom. The molecular formula is C20H23N5O2. The van der Waals surface area contributed by atoms with Gasteiger partial charge in [-0.2, -0.15) is 5.10 Å². The molecule has 2 saturated heterocycles. The van der Waals surface area contributed by atoms with Gasteiger partial charge in [0, 0.05) is 42.4 Å². The van der Waals surface area contributed by atoms with E-state index < -0.39 is 0 Å². The third kappa shape index (κ3) is 2.82. The van der Waals surface area contributed by atoms with Crippen LogP contribution in [0.1, 0.15) is 35.4 Å². The number of aromatic nitrogens is 4. The summed E-state index contributed by atoms with van der Waals surface area (Å²) in [6.45, 7) is 4.44. The van der Waals surface area contributed by atoms with Crippen LogP contribution in [0.25, 0.3) is 22.3 Å². The molecule has 0 aromatic carbocycles. The van der Waals surface area contributed by atoms with Gasteiger partial charge in [0.2, 0.25) is 0 Å². The molecule has 2 aliphatic rings. The van der Waals surface area contributed by atoms with Crippen molar-refractivity contribution in [1.82, 2.24) is 25.1 Å². The minimum Gasteiger partial charge on any atom is -0.381 e. The third-order valence-electron chi connectivity index (χ3n) is 5.95. The van der Waals surface area contributed by atoms with Gasteiger partial charge < -0.3 is 14.6 Å². The Labute approximate surface area is 157 Å². The van der Waals surface area contributed by atoms with Crippen LogP contribution in [0.5, 0.6) is 0 Å². The van der Waals surface area contributed by atoms with Gasteiger partial charge in [-0.1, -0.05) is 0 Å². The molecule has 0 aliphatic carbocycles. The SMILES string of the molecule is Cc1[nH]ncc1-c1ccc2cc(C(=O)N3CC[C@@H]3C3CCOCC3)[nH]c2n1. The van der Waals surface area contributed by atoms with E-state index in [9.17, 15) is 4.79 Å². The van der Waals surface area contributed by atoms with E-state index in [1.165, 1.54) is 0 Å². The number of aromatic amines is 2. The number of fused-ring (bicyclic) bond motifs is 1. The van der Waals surface area contributed by atoms with Crippen LogP contribution in [0.2, 0.25) is 0 Å². The summed E-state index contributed by atoms with van der Waals surface area (Å²) < 4.78 is 5.46. The third-order valence-corrected chi connectivity index (χ3v) is 5.95. The molecule has 0 bridgehead atoms. The molecule has 2 aliphatic heterocycles. The number of ether oxygens (including phenoxy) is 1. The van der Waals surface area contributed by atoms with Crippen LogP contribution in [0.4, 0.5) is 0 Å². The second kappa shape index (κ2) is 6.49. The minimum atomic E-state index is 0.0804. The van der Waals surface area contributed by atoms with Crippen molar-refractivity contribution in [3.63, 3.8) is 0 Å². The maximum Gasteiger partial charge on any atom is 0.270 e. The number of nitrogens with zero attached hydrogens (tertiary/aromatic N) is 3. The number of H-pyrrole nitrogens is 2. The number of hydrogen-bond donors (Lipinski definition) is 2. The van der Waals surface area contributed by atoms with Gasteiger partial charge in [-0.05, 0) is 50.3 Å². The second-order valence-electron chi connectivity index (χ2n) is 7.53. The zero-order valence-electron chi connectivity index (χ0n) is 15.4. The second-order valence-corrected chi connectivity index (χ2v) is 7.53. The van der Waals surface area contributed by atoms with Crippen molar-refractivity contribution in [1.29, 1.82) is 0 Å². The Morgan fingerprint density at radius 3 is 2.81 bits per heavy atom. The van der Waals surface area contributed by atoms with E-state index in [4.69, 9.17) is 9.72 Å². The molecule has 0 saturated carbocycles. The highest BCUT2D eigenvalue weighted by atomic mass is 16.5. The smallest absolute Gasteiger partial charge is 0.270 e. The first kappa shape index (κ1) is 16.5. The highest BCUT2D eigenvalue weighted by Crippen LogP contribution is 2.33. The molecule has 5 heterocycles. The number of hydrogen-bond acceptors (Lipinski definition) is 4. The zero-order chi connectivity index (χ0) is 18.4. The quantitative estimate of drug-likeness (QED) is 0.747. The van der Waals surface area contributed by atoms with E-state index in [-0.39, 0.29) is 5.91 Å². The fourth-order valence-electron chi connectivity index (χ4n) is 4.28. The zero-order valence-corrected chi connectivity index (χ0v) is 15.4. The molecular weight excluding hydrogens is 342 g/mol. The minimum absolute atomic E-state index is 0.0804. The molecule has 2 fully saturated rings.